The molecule has 19 heavy (non-hydrogen) atoms. The fourth-order valence-electron chi connectivity index (χ4n) is 2.14. The Morgan fingerprint density at radius 1 is 1.37 bits per heavy atom. The molecule has 0 aliphatic carbocycles. The molecule has 102 valence electrons. The van der Waals surface area contributed by atoms with Gasteiger partial charge in [-0.15, -0.1) is 11.6 Å². The number of phenolic OH excluding ortho intramolecular Hbond substituents is 1. The average molecular weight is 279 g/mol. The lowest BCUT2D eigenvalue weighted by Gasteiger charge is -2.15. The number of rotatable bonds is 6. The number of aromatic nitrogens is 1. The summed E-state index contributed by atoms with van der Waals surface area (Å²) in [6.07, 6.45) is 3.88. The summed E-state index contributed by atoms with van der Waals surface area (Å²) in [5.74, 6) is 2.31. The van der Waals surface area contributed by atoms with Gasteiger partial charge in [0.1, 0.15) is 11.6 Å². The number of aromatic hydroxyl groups is 1. The minimum Gasteiger partial charge on any atom is -0.508 e. The van der Waals surface area contributed by atoms with Gasteiger partial charge in [-0.05, 0) is 35.9 Å². The summed E-state index contributed by atoms with van der Waals surface area (Å²) in [7, 11) is 0. The minimum absolute atomic E-state index is 0.261. The zero-order chi connectivity index (χ0) is 13.7. The topological polar surface area (TPSA) is 45.2 Å². The summed E-state index contributed by atoms with van der Waals surface area (Å²) in [5.41, 5.74) is 0. The van der Waals surface area contributed by atoms with Crippen molar-refractivity contribution < 1.29 is 5.11 Å². The summed E-state index contributed by atoms with van der Waals surface area (Å²) >= 11 is 5.80. The van der Waals surface area contributed by atoms with Crippen LogP contribution in [0.2, 0.25) is 0 Å². The van der Waals surface area contributed by atoms with Crippen LogP contribution in [0.25, 0.3) is 10.8 Å². The highest BCUT2D eigenvalue weighted by atomic mass is 35.5. The zero-order valence-electron chi connectivity index (χ0n) is 11.1. The lowest BCUT2D eigenvalue weighted by Crippen LogP contribution is -2.15. The van der Waals surface area contributed by atoms with E-state index in [2.05, 4.69) is 17.2 Å². The summed E-state index contributed by atoms with van der Waals surface area (Å²) in [6, 6.07) is 7.27. The predicted octanol–water partition coefficient (Wildman–Crippen LogP) is 4.01. The molecule has 2 aromatic rings. The number of pyridine rings is 1. The number of nitrogens with zero attached hydrogens (tertiary/aromatic N) is 1. The number of benzene rings is 1. The summed E-state index contributed by atoms with van der Waals surface area (Å²) in [5, 5.41) is 15.0. The van der Waals surface area contributed by atoms with Crippen LogP contribution in [-0.4, -0.2) is 22.5 Å². The lowest BCUT2D eigenvalue weighted by atomic mass is 10.0. The molecule has 1 heterocycles. The van der Waals surface area contributed by atoms with E-state index in [1.165, 1.54) is 0 Å². The van der Waals surface area contributed by atoms with Crippen molar-refractivity contribution in [2.24, 2.45) is 5.92 Å². The molecule has 0 bridgehead atoms. The van der Waals surface area contributed by atoms with Gasteiger partial charge in [0.2, 0.25) is 0 Å². The van der Waals surface area contributed by atoms with E-state index in [1.807, 2.05) is 12.1 Å². The number of alkyl halides is 1. The van der Waals surface area contributed by atoms with E-state index >= 15 is 0 Å². The van der Waals surface area contributed by atoms with Gasteiger partial charge in [-0.1, -0.05) is 19.4 Å². The second-order valence-corrected chi connectivity index (χ2v) is 5.08. The first-order valence-corrected chi connectivity index (χ1v) is 7.15. The quantitative estimate of drug-likeness (QED) is 0.785. The third-order valence-electron chi connectivity index (χ3n) is 3.40. The number of phenols is 1. The maximum atomic E-state index is 9.59. The van der Waals surface area contributed by atoms with Gasteiger partial charge in [-0.3, -0.25) is 0 Å². The highest BCUT2D eigenvalue weighted by Gasteiger charge is 2.08. The molecule has 0 amide bonds. The minimum atomic E-state index is 0.261. The fourth-order valence-corrected chi connectivity index (χ4v) is 2.45. The first kappa shape index (κ1) is 13.9. The molecule has 2 N–H and O–H groups in total. The van der Waals surface area contributed by atoms with Gasteiger partial charge in [0.05, 0.1) is 0 Å². The molecule has 2 rings (SSSR count). The second-order valence-electron chi connectivity index (χ2n) is 4.70. The smallest absolute Gasteiger partial charge is 0.133 e. The van der Waals surface area contributed by atoms with E-state index in [4.69, 9.17) is 11.6 Å². The summed E-state index contributed by atoms with van der Waals surface area (Å²) in [4.78, 5) is 4.36. The van der Waals surface area contributed by atoms with E-state index in [0.717, 1.165) is 36.0 Å². The Morgan fingerprint density at radius 2 is 2.21 bits per heavy atom. The Bertz CT molecular complexity index is 545. The van der Waals surface area contributed by atoms with Crippen molar-refractivity contribution in [1.82, 2.24) is 4.98 Å². The van der Waals surface area contributed by atoms with Crippen LogP contribution >= 0.6 is 11.6 Å². The van der Waals surface area contributed by atoms with Crippen LogP contribution in [-0.2, 0) is 0 Å². The second kappa shape index (κ2) is 6.62. The van der Waals surface area contributed by atoms with Crippen LogP contribution in [0.1, 0.15) is 19.8 Å². The molecule has 0 fully saturated rings. The number of fused-ring (bicyclic) bond motifs is 1. The van der Waals surface area contributed by atoms with Crippen LogP contribution in [0.5, 0.6) is 5.75 Å². The number of anilines is 1. The highest BCUT2D eigenvalue weighted by Crippen LogP contribution is 2.25. The van der Waals surface area contributed by atoms with Gasteiger partial charge >= 0.3 is 0 Å². The largest absolute Gasteiger partial charge is 0.508 e. The van der Waals surface area contributed by atoms with Gasteiger partial charge in [-0.25, -0.2) is 4.98 Å². The molecule has 4 heteroatoms. The highest BCUT2D eigenvalue weighted by molar-refractivity contribution is 6.17. The first-order chi connectivity index (χ1) is 9.24. The molecule has 0 radical (unpaired) electrons. The molecule has 1 aromatic carbocycles. The zero-order valence-corrected chi connectivity index (χ0v) is 11.8. The van der Waals surface area contributed by atoms with Gasteiger partial charge in [0.25, 0.3) is 0 Å². The summed E-state index contributed by atoms with van der Waals surface area (Å²) < 4.78 is 0. The van der Waals surface area contributed by atoms with Crippen LogP contribution in [0.3, 0.4) is 0 Å². The maximum Gasteiger partial charge on any atom is 0.133 e. The standard InChI is InChI=1S/C15H19ClN2O/c1-2-11(5-7-16)10-18-15-14-9-13(19)4-3-12(14)6-8-17-15/h3-4,6,8-9,11,19H,2,5,7,10H2,1H3,(H,17,18). The van der Waals surface area contributed by atoms with E-state index in [0.29, 0.717) is 11.8 Å². The van der Waals surface area contributed by atoms with Gasteiger partial charge < -0.3 is 10.4 Å². The van der Waals surface area contributed by atoms with Crippen molar-refractivity contribution in [3.63, 3.8) is 0 Å². The van der Waals surface area contributed by atoms with Crippen molar-refractivity contribution in [3.8, 4) is 5.75 Å². The number of hydrogen-bond donors (Lipinski definition) is 2. The van der Waals surface area contributed by atoms with E-state index in [1.54, 1.807) is 18.3 Å². The summed E-state index contributed by atoms with van der Waals surface area (Å²) in [6.45, 7) is 3.02. The molecule has 0 saturated heterocycles. The van der Waals surface area contributed by atoms with Crippen molar-refractivity contribution in [2.75, 3.05) is 17.7 Å². The van der Waals surface area contributed by atoms with E-state index in [-0.39, 0.29) is 5.75 Å². The predicted molar refractivity (Wildman–Crippen MR) is 81.0 cm³/mol. The fraction of sp³-hybridized carbons (Fsp3) is 0.400. The third-order valence-corrected chi connectivity index (χ3v) is 3.62. The normalized spacial score (nSPS) is 12.5. The van der Waals surface area contributed by atoms with Crippen LogP contribution < -0.4 is 5.32 Å². The molecule has 1 aromatic heterocycles. The van der Waals surface area contributed by atoms with Crippen molar-refractivity contribution in [3.05, 3.63) is 30.5 Å². The third kappa shape index (κ3) is 3.51. The number of nitrogens with one attached hydrogen (secondary N) is 1. The van der Waals surface area contributed by atoms with Gasteiger partial charge in [0.15, 0.2) is 0 Å². The van der Waals surface area contributed by atoms with E-state index < -0.39 is 0 Å². The SMILES string of the molecule is CCC(CCCl)CNc1nccc2ccc(O)cc12. The van der Waals surface area contributed by atoms with Crippen LogP contribution in [0.15, 0.2) is 30.5 Å². The Hall–Kier alpha value is -1.48. The Kier molecular flexibility index (Phi) is 4.86. The molecule has 0 saturated carbocycles. The monoisotopic (exact) mass is 278 g/mol. The Balaban J connectivity index is 2.18. The lowest BCUT2D eigenvalue weighted by molar-refractivity contribution is 0.476. The maximum absolute atomic E-state index is 9.59. The number of hydrogen-bond acceptors (Lipinski definition) is 3. The molecule has 3 nitrogen and oxygen atoms in total. The Morgan fingerprint density at radius 3 is 2.95 bits per heavy atom. The van der Waals surface area contributed by atoms with Crippen LogP contribution in [0.4, 0.5) is 5.82 Å². The molecule has 0 spiro atoms. The van der Waals surface area contributed by atoms with Crippen molar-refractivity contribution >= 4 is 28.2 Å². The molecule has 0 aliphatic rings. The number of halogens is 1. The molecular formula is C15H19ClN2O. The van der Waals surface area contributed by atoms with E-state index in [9.17, 15) is 5.11 Å². The van der Waals surface area contributed by atoms with Crippen molar-refractivity contribution in [2.45, 2.75) is 19.8 Å². The molecular weight excluding hydrogens is 260 g/mol. The van der Waals surface area contributed by atoms with Gasteiger partial charge in [-0.2, -0.15) is 0 Å². The molecule has 1 atom stereocenters. The van der Waals surface area contributed by atoms with Gasteiger partial charge in [0, 0.05) is 24.0 Å². The first-order valence-electron chi connectivity index (χ1n) is 6.62. The van der Waals surface area contributed by atoms with Crippen molar-refractivity contribution in [1.29, 1.82) is 0 Å². The average Bonchev–Trinajstić information content (AvgIpc) is 2.43. The van der Waals surface area contributed by atoms with Crippen LogP contribution in [0, 0.1) is 5.92 Å². The Labute approximate surface area is 118 Å². The molecule has 0 aliphatic heterocycles. The molecule has 1 unspecified atom stereocenters.